The number of nitrogens with zero attached hydrogens (tertiary/aromatic N) is 8. The summed E-state index contributed by atoms with van der Waals surface area (Å²) in [5.74, 6) is 0.596. The molecule has 25 heteroatoms. The summed E-state index contributed by atoms with van der Waals surface area (Å²) in [7, 11) is 0. The van der Waals surface area contributed by atoms with Crippen molar-refractivity contribution < 1.29 is 38.4 Å². The standard InChI is InChI=1S/C80H36Cl12N8O4.Zn/c81-57-49-53(61(85)69(65(57)89)101-45-33-17-13-29-41(45)37-21-5-1-6-22-37)77-93-73(49)98-78-55-51(59(83)67(91)71(63(55)87)103-47-35-19-15-31-43(47)39-25-9-3-10-26-39)75(95-78)100-80-56-52(60(84)68(92)72(64(56)88)104-48-36-20-16-32-44(48)40-27-11-4-12-28-40)76(96-80)99-79-54-50(74(94-79)97-77)58(82)66(90)70(62(54)86)102-46-34-18-14-30-42(46)38-23-7-2-8-24-38;/h1-36H;/q-2;+2. The van der Waals surface area contributed by atoms with Crippen LogP contribution in [0.3, 0.4) is 0 Å². The van der Waals surface area contributed by atoms with Gasteiger partial charge in [0.15, 0.2) is 23.0 Å². The quantitative estimate of drug-likeness (QED) is 0.0849. The van der Waals surface area contributed by atoms with Gasteiger partial charge in [-0.25, -0.2) is 9.97 Å². The Balaban J connectivity index is 0.00000847. The molecule has 3 aromatic heterocycles. The molecule has 2 aliphatic heterocycles. The van der Waals surface area contributed by atoms with Gasteiger partial charge in [0.1, 0.15) is 43.1 Å². The van der Waals surface area contributed by atoms with Crippen LogP contribution in [0.5, 0.6) is 46.0 Å². The molecule has 0 amide bonds. The molecule has 2 aliphatic rings. The topological polar surface area (TPSA) is 142 Å². The van der Waals surface area contributed by atoms with Gasteiger partial charge in [0.05, 0.1) is 63.5 Å². The third-order valence-corrected chi connectivity index (χ3v) is 22.1. The average molecular weight is 1660 g/mol. The van der Waals surface area contributed by atoms with Crippen molar-refractivity contribution in [3.8, 4) is 136 Å². The molecular formula is C80H36Cl12N8O4Zn. The van der Waals surface area contributed by atoms with E-state index in [1.807, 2.05) is 194 Å². The molecule has 0 atom stereocenters. The van der Waals surface area contributed by atoms with Gasteiger partial charge in [0, 0.05) is 88.6 Å². The molecule has 12 aromatic carbocycles. The van der Waals surface area contributed by atoms with Crippen molar-refractivity contribution in [2.24, 2.45) is 0 Å². The van der Waals surface area contributed by atoms with Crippen molar-refractivity contribution >= 4 is 183 Å². The zero-order chi connectivity index (χ0) is 71.3. The van der Waals surface area contributed by atoms with Gasteiger partial charge in [0.2, 0.25) is 0 Å². The van der Waals surface area contributed by atoms with Crippen molar-refractivity contribution in [3.63, 3.8) is 0 Å². The molecule has 0 saturated carbocycles. The normalized spacial score (nSPS) is 11.5. The van der Waals surface area contributed by atoms with E-state index in [4.69, 9.17) is 198 Å². The van der Waals surface area contributed by atoms with E-state index in [0.717, 1.165) is 22.3 Å². The van der Waals surface area contributed by atoms with Crippen molar-refractivity contribution in [2.45, 2.75) is 0 Å². The molecule has 0 saturated heterocycles. The van der Waals surface area contributed by atoms with Crippen LogP contribution in [0.2, 0.25) is 60.3 Å². The van der Waals surface area contributed by atoms with Gasteiger partial charge in [-0.15, -0.1) is 0 Å². The van der Waals surface area contributed by atoms with E-state index < -0.39 is 0 Å². The van der Waals surface area contributed by atoms with E-state index in [0.29, 0.717) is 45.3 Å². The number of halogens is 12. The molecule has 0 unspecified atom stereocenters. The first-order valence-corrected chi connectivity index (χ1v) is 36.0. The van der Waals surface area contributed by atoms with Gasteiger partial charge in [-0.05, 0) is 46.5 Å². The van der Waals surface area contributed by atoms with E-state index >= 15 is 0 Å². The first-order valence-electron chi connectivity index (χ1n) is 31.4. The van der Waals surface area contributed by atoms with E-state index in [-0.39, 0.29) is 192 Å². The van der Waals surface area contributed by atoms with E-state index in [9.17, 15) is 0 Å². The van der Waals surface area contributed by atoms with Crippen molar-refractivity contribution in [3.05, 3.63) is 279 Å². The molecule has 0 fully saturated rings. The van der Waals surface area contributed by atoms with Gasteiger partial charge in [-0.1, -0.05) is 333 Å². The third kappa shape index (κ3) is 12.3. The number of benzene rings is 12. The largest absolute Gasteiger partial charge is 2.00 e. The van der Waals surface area contributed by atoms with Crippen LogP contribution in [-0.2, 0) is 19.5 Å². The second-order valence-corrected chi connectivity index (χ2v) is 28.0. The van der Waals surface area contributed by atoms with Gasteiger partial charge < -0.3 is 48.9 Å². The summed E-state index contributed by atoms with van der Waals surface area (Å²) in [5, 5.41) is -1.14. The van der Waals surface area contributed by atoms with Crippen LogP contribution in [0.25, 0.3) is 134 Å². The van der Waals surface area contributed by atoms with E-state index in [1.165, 1.54) is 0 Å². The second kappa shape index (κ2) is 28.9. The number of fused-ring (bicyclic) bond motifs is 20. The van der Waals surface area contributed by atoms with Crippen LogP contribution in [0.4, 0.5) is 0 Å². The molecule has 15 aromatic rings. The van der Waals surface area contributed by atoms with Gasteiger partial charge in [-0.3, -0.25) is 0 Å². The number of hydrogen-bond acceptors (Lipinski definition) is 10. The Morgan fingerprint density at radius 3 is 0.686 bits per heavy atom. The molecule has 0 radical (unpaired) electrons. The predicted octanol–water partition coefficient (Wildman–Crippen LogP) is 27.8. The SMILES string of the molecule is Clc1c(Cl)c2c(c(Cl)c1Oc1ccccc1-c1ccccc1)-c1nc-2nc2[n-]c(nc3nc(nc4[n-]c(n1)c1c(Cl)c(Cl)c(Oc5ccccc5-c5ccccc5)c(Cl)c41)-c1c(Cl)c(Cl)c(Oc4ccccc4-c4ccccc4)c(Cl)c1-3)c1c(Cl)c(Cl)c(Oc3ccccc3-c3ccccc3)c(Cl)c21.[Zn+2]. The first-order chi connectivity index (χ1) is 50.6. The minimum Gasteiger partial charge on any atom is -0.453 e. The molecule has 0 N–H and O–H groups in total. The first kappa shape index (κ1) is 70.6. The number of hydrogen-bond donors (Lipinski definition) is 0. The second-order valence-electron chi connectivity index (χ2n) is 23.4. The molecule has 8 bridgehead atoms. The van der Waals surface area contributed by atoms with Crippen LogP contribution in [0.1, 0.15) is 0 Å². The zero-order valence-electron chi connectivity index (χ0n) is 53.2. The number of ether oxygens (including phenoxy) is 4. The van der Waals surface area contributed by atoms with Crippen LogP contribution in [0.15, 0.2) is 218 Å². The fraction of sp³-hybridized carbons (Fsp3) is 0. The smallest absolute Gasteiger partial charge is 0.453 e. The summed E-state index contributed by atoms with van der Waals surface area (Å²) >= 11 is 91.1. The van der Waals surface area contributed by atoms with Crippen molar-refractivity contribution in [1.29, 1.82) is 0 Å². The van der Waals surface area contributed by atoms with E-state index in [2.05, 4.69) is 0 Å². The monoisotopic (exact) mass is 1660 g/mol. The predicted molar refractivity (Wildman–Crippen MR) is 422 cm³/mol. The maximum absolute atomic E-state index is 7.74. The van der Waals surface area contributed by atoms with E-state index in [1.54, 1.807) is 24.3 Å². The Morgan fingerprint density at radius 2 is 0.419 bits per heavy atom. The summed E-state index contributed by atoms with van der Waals surface area (Å²) in [6.45, 7) is 0. The summed E-state index contributed by atoms with van der Waals surface area (Å²) < 4.78 is 27.1. The van der Waals surface area contributed by atoms with Gasteiger partial charge in [0.25, 0.3) is 0 Å². The maximum atomic E-state index is 7.74. The molecule has 506 valence electrons. The Bertz CT molecular complexity index is 5920. The summed E-state index contributed by atoms with van der Waals surface area (Å²) in [4.78, 5) is 41.4. The number of aromatic nitrogens is 8. The Labute approximate surface area is 670 Å². The summed E-state index contributed by atoms with van der Waals surface area (Å²) in [6, 6.07) is 67.8. The minimum absolute atomic E-state index is 0. The molecule has 0 spiro atoms. The Hall–Kier alpha value is -8.70. The van der Waals surface area contributed by atoms with Crippen LogP contribution in [-0.4, -0.2) is 29.9 Å². The third-order valence-electron chi connectivity index (χ3n) is 17.3. The minimum atomic E-state index is -0.155. The van der Waals surface area contributed by atoms with Gasteiger partial charge >= 0.3 is 19.5 Å². The Morgan fingerprint density at radius 1 is 0.210 bits per heavy atom. The van der Waals surface area contributed by atoms with Gasteiger partial charge in [-0.2, -0.15) is 0 Å². The van der Waals surface area contributed by atoms with Crippen LogP contribution in [0, 0.1) is 0 Å². The molecule has 12 nitrogen and oxygen atoms in total. The van der Waals surface area contributed by atoms with Crippen LogP contribution < -0.4 is 28.9 Å². The molecule has 17 rings (SSSR count). The average Bonchev–Trinajstić information content (AvgIpc) is 1.57. The van der Waals surface area contributed by atoms with Crippen LogP contribution >= 0.6 is 139 Å². The number of para-hydroxylation sites is 4. The van der Waals surface area contributed by atoms with Crippen molar-refractivity contribution in [2.75, 3.05) is 0 Å². The van der Waals surface area contributed by atoms with Crippen molar-refractivity contribution in [1.82, 2.24) is 39.9 Å². The molecule has 105 heavy (non-hydrogen) atoms. The molecular weight excluding hydrogens is 1630 g/mol. The summed E-state index contributed by atoms with van der Waals surface area (Å²) in [6.07, 6.45) is 0. The molecule has 5 heterocycles. The fourth-order valence-electron chi connectivity index (χ4n) is 12.6. The summed E-state index contributed by atoms with van der Waals surface area (Å²) in [5.41, 5.74) is 5.80. The number of rotatable bonds is 12. The molecule has 0 aliphatic carbocycles. The zero-order valence-corrected chi connectivity index (χ0v) is 65.3. The maximum Gasteiger partial charge on any atom is 2.00 e. The fourth-order valence-corrected chi connectivity index (χ4v) is 16.0. The Kier molecular flexibility index (Phi) is 19.4.